The third kappa shape index (κ3) is 3.83. The first kappa shape index (κ1) is 15.8. The van der Waals surface area contributed by atoms with Crippen molar-refractivity contribution in [1.29, 1.82) is 0 Å². The van der Waals surface area contributed by atoms with E-state index in [0.717, 1.165) is 18.5 Å². The summed E-state index contributed by atoms with van der Waals surface area (Å²) in [6.45, 7) is 2.82. The standard InChI is InChI=1S/C17H21NO5/c1-21-15-8-12-4-5-17(20)23-14(12)9-16(15)22-11-13(19)10-18-6-2-3-7-18/h4-5,8-9,13,19H,2-3,6-7,10-11H2,1H3. The van der Waals surface area contributed by atoms with Crippen LogP contribution in [0.3, 0.4) is 0 Å². The van der Waals surface area contributed by atoms with Gasteiger partial charge in [0.05, 0.1) is 7.11 Å². The molecule has 1 saturated heterocycles. The van der Waals surface area contributed by atoms with Gasteiger partial charge in [0.2, 0.25) is 0 Å². The van der Waals surface area contributed by atoms with Gasteiger partial charge in [-0.2, -0.15) is 0 Å². The number of ether oxygens (including phenoxy) is 2. The Hall–Kier alpha value is -2.05. The number of aliphatic hydroxyl groups is 1. The number of nitrogens with zero attached hydrogens (tertiary/aromatic N) is 1. The fourth-order valence-corrected chi connectivity index (χ4v) is 2.85. The van der Waals surface area contributed by atoms with Crippen LogP contribution in [0, 0.1) is 0 Å². The van der Waals surface area contributed by atoms with Crippen LogP contribution in [0.15, 0.2) is 33.5 Å². The van der Waals surface area contributed by atoms with Crippen LogP contribution in [0.2, 0.25) is 0 Å². The maximum absolute atomic E-state index is 11.3. The molecule has 6 nitrogen and oxygen atoms in total. The van der Waals surface area contributed by atoms with Gasteiger partial charge in [-0.15, -0.1) is 0 Å². The SMILES string of the molecule is COc1cc2ccc(=O)oc2cc1OCC(O)CN1CCCC1. The molecule has 0 saturated carbocycles. The smallest absolute Gasteiger partial charge is 0.336 e. The summed E-state index contributed by atoms with van der Waals surface area (Å²) in [5.41, 5.74) is 0.0185. The van der Waals surface area contributed by atoms with Crippen LogP contribution in [0.4, 0.5) is 0 Å². The molecule has 1 unspecified atom stereocenters. The molecular formula is C17H21NO5. The van der Waals surface area contributed by atoms with Crippen molar-refractivity contribution >= 4 is 11.0 Å². The Bertz CT molecular complexity index is 720. The van der Waals surface area contributed by atoms with Crippen LogP contribution in [0.5, 0.6) is 11.5 Å². The lowest BCUT2D eigenvalue weighted by Gasteiger charge is -2.20. The topological polar surface area (TPSA) is 72.1 Å². The molecule has 1 aliphatic heterocycles. The van der Waals surface area contributed by atoms with Crippen molar-refractivity contribution in [3.8, 4) is 11.5 Å². The van der Waals surface area contributed by atoms with Crippen LogP contribution in [-0.4, -0.2) is 49.5 Å². The van der Waals surface area contributed by atoms with E-state index in [1.54, 1.807) is 25.3 Å². The fourth-order valence-electron chi connectivity index (χ4n) is 2.85. The molecule has 0 spiro atoms. The molecule has 1 aromatic heterocycles. The summed E-state index contributed by atoms with van der Waals surface area (Å²) in [5, 5.41) is 10.9. The van der Waals surface area contributed by atoms with Gasteiger partial charge in [0.15, 0.2) is 11.5 Å². The zero-order valence-electron chi connectivity index (χ0n) is 13.2. The molecule has 1 atom stereocenters. The highest BCUT2D eigenvalue weighted by molar-refractivity contribution is 5.80. The number of fused-ring (bicyclic) bond motifs is 1. The highest BCUT2D eigenvalue weighted by atomic mass is 16.5. The Morgan fingerprint density at radius 3 is 2.78 bits per heavy atom. The predicted molar refractivity (Wildman–Crippen MR) is 86.2 cm³/mol. The van der Waals surface area contributed by atoms with Crippen molar-refractivity contribution in [2.24, 2.45) is 0 Å². The quantitative estimate of drug-likeness (QED) is 0.816. The molecule has 1 aromatic carbocycles. The number of hydrogen-bond acceptors (Lipinski definition) is 6. The first-order valence-corrected chi connectivity index (χ1v) is 7.81. The van der Waals surface area contributed by atoms with Gasteiger partial charge >= 0.3 is 5.63 Å². The van der Waals surface area contributed by atoms with Crippen molar-refractivity contribution < 1.29 is 19.0 Å². The molecule has 0 aliphatic carbocycles. The number of benzene rings is 1. The Balaban J connectivity index is 1.71. The molecule has 23 heavy (non-hydrogen) atoms. The van der Waals surface area contributed by atoms with Gasteiger partial charge in [0, 0.05) is 24.1 Å². The average molecular weight is 319 g/mol. The van der Waals surface area contributed by atoms with Crippen LogP contribution >= 0.6 is 0 Å². The number of methoxy groups -OCH3 is 1. The van der Waals surface area contributed by atoms with Crippen LogP contribution < -0.4 is 15.1 Å². The first-order valence-electron chi connectivity index (χ1n) is 7.81. The van der Waals surface area contributed by atoms with E-state index in [2.05, 4.69) is 4.90 Å². The molecule has 1 N–H and O–H groups in total. The third-order valence-electron chi connectivity index (χ3n) is 4.00. The molecule has 0 bridgehead atoms. The lowest BCUT2D eigenvalue weighted by molar-refractivity contribution is 0.0747. The number of aliphatic hydroxyl groups excluding tert-OH is 1. The summed E-state index contributed by atoms with van der Waals surface area (Å²) in [7, 11) is 1.55. The molecular weight excluding hydrogens is 298 g/mol. The minimum absolute atomic E-state index is 0.162. The Kier molecular flexibility index (Phi) is 4.83. The van der Waals surface area contributed by atoms with E-state index in [1.807, 2.05) is 0 Å². The monoisotopic (exact) mass is 319 g/mol. The van der Waals surface area contributed by atoms with Crippen molar-refractivity contribution in [3.05, 3.63) is 34.7 Å². The fraction of sp³-hybridized carbons (Fsp3) is 0.471. The highest BCUT2D eigenvalue weighted by Crippen LogP contribution is 2.31. The minimum Gasteiger partial charge on any atom is -0.493 e. The van der Waals surface area contributed by atoms with Gasteiger partial charge < -0.3 is 23.9 Å². The average Bonchev–Trinajstić information content (AvgIpc) is 3.04. The summed E-state index contributed by atoms with van der Waals surface area (Å²) in [6, 6.07) is 6.41. The number of hydrogen-bond donors (Lipinski definition) is 1. The summed E-state index contributed by atoms with van der Waals surface area (Å²) in [6.07, 6.45) is 1.80. The number of rotatable bonds is 6. The molecule has 1 fully saturated rings. The van der Waals surface area contributed by atoms with E-state index in [4.69, 9.17) is 13.9 Å². The van der Waals surface area contributed by atoms with Crippen LogP contribution in [0.25, 0.3) is 11.0 Å². The van der Waals surface area contributed by atoms with Gasteiger partial charge in [-0.25, -0.2) is 4.79 Å². The second-order valence-electron chi connectivity index (χ2n) is 5.77. The maximum Gasteiger partial charge on any atom is 0.336 e. The van der Waals surface area contributed by atoms with Gasteiger partial charge in [0.1, 0.15) is 18.3 Å². The molecule has 1 aliphatic rings. The molecule has 6 heteroatoms. The number of likely N-dealkylation sites (tertiary alicyclic amines) is 1. The van der Waals surface area contributed by atoms with Gasteiger partial charge in [-0.3, -0.25) is 0 Å². The second-order valence-corrected chi connectivity index (χ2v) is 5.77. The summed E-state index contributed by atoms with van der Waals surface area (Å²) in [4.78, 5) is 13.6. The summed E-state index contributed by atoms with van der Waals surface area (Å²) in [5.74, 6) is 0.995. The molecule has 2 heterocycles. The lowest BCUT2D eigenvalue weighted by atomic mass is 10.2. The predicted octanol–water partition coefficient (Wildman–Crippen LogP) is 1.64. The number of β-amino-alcohol motifs (C(OH)–C–C–N with tert-alkyl or cyclic N) is 1. The van der Waals surface area contributed by atoms with Gasteiger partial charge in [-0.1, -0.05) is 0 Å². The van der Waals surface area contributed by atoms with E-state index in [1.165, 1.54) is 18.9 Å². The Labute approximate surface area is 134 Å². The first-order chi connectivity index (χ1) is 11.2. The maximum atomic E-state index is 11.3. The molecule has 124 valence electrons. The van der Waals surface area contributed by atoms with E-state index in [-0.39, 0.29) is 6.61 Å². The van der Waals surface area contributed by atoms with Crippen LogP contribution in [-0.2, 0) is 0 Å². The Morgan fingerprint density at radius 1 is 1.26 bits per heavy atom. The van der Waals surface area contributed by atoms with Gasteiger partial charge in [0.25, 0.3) is 0 Å². The summed E-state index contributed by atoms with van der Waals surface area (Å²) < 4.78 is 16.2. The largest absolute Gasteiger partial charge is 0.493 e. The van der Waals surface area contributed by atoms with Crippen LogP contribution in [0.1, 0.15) is 12.8 Å². The van der Waals surface area contributed by atoms with Crippen molar-refractivity contribution in [2.75, 3.05) is 33.4 Å². The van der Waals surface area contributed by atoms with E-state index < -0.39 is 11.7 Å². The van der Waals surface area contributed by atoms with Crippen molar-refractivity contribution in [1.82, 2.24) is 4.90 Å². The molecule has 3 rings (SSSR count). The zero-order valence-corrected chi connectivity index (χ0v) is 13.2. The zero-order chi connectivity index (χ0) is 16.2. The van der Waals surface area contributed by atoms with E-state index >= 15 is 0 Å². The summed E-state index contributed by atoms with van der Waals surface area (Å²) >= 11 is 0. The Morgan fingerprint density at radius 2 is 2.04 bits per heavy atom. The minimum atomic E-state index is -0.573. The normalized spacial score (nSPS) is 16.6. The van der Waals surface area contributed by atoms with Crippen molar-refractivity contribution in [3.63, 3.8) is 0 Å². The molecule has 0 amide bonds. The highest BCUT2D eigenvalue weighted by Gasteiger charge is 2.17. The lowest BCUT2D eigenvalue weighted by Crippen LogP contribution is -2.33. The van der Waals surface area contributed by atoms with Gasteiger partial charge in [-0.05, 0) is 38.1 Å². The van der Waals surface area contributed by atoms with E-state index in [0.29, 0.717) is 23.6 Å². The molecule has 2 aromatic rings. The second kappa shape index (κ2) is 7.02. The van der Waals surface area contributed by atoms with E-state index in [9.17, 15) is 9.90 Å². The molecule has 0 radical (unpaired) electrons. The third-order valence-corrected chi connectivity index (χ3v) is 4.00. The van der Waals surface area contributed by atoms with Crippen molar-refractivity contribution in [2.45, 2.75) is 18.9 Å².